The first kappa shape index (κ1) is 9.84. The van der Waals surface area contributed by atoms with Gasteiger partial charge in [0.15, 0.2) is 0 Å². The van der Waals surface area contributed by atoms with Gasteiger partial charge in [-0.05, 0) is 12.8 Å². The van der Waals surface area contributed by atoms with Gasteiger partial charge in [0.2, 0.25) is 0 Å². The van der Waals surface area contributed by atoms with Crippen molar-refractivity contribution in [2.75, 3.05) is 36.8 Å². The summed E-state index contributed by atoms with van der Waals surface area (Å²) in [7, 11) is 0. The van der Waals surface area contributed by atoms with Crippen LogP contribution in [-0.2, 0) is 0 Å². The number of hydrogen-bond acceptors (Lipinski definition) is 5. The molecule has 5 nitrogen and oxygen atoms in total. The van der Waals surface area contributed by atoms with E-state index < -0.39 is 0 Å². The molecule has 2 aliphatic rings. The highest BCUT2D eigenvalue weighted by Crippen LogP contribution is 2.28. The molecule has 5 heteroatoms. The van der Waals surface area contributed by atoms with Crippen molar-refractivity contribution in [2.24, 2.45) is 0 Å². The number of aromatic nitrogens is 2. The van der Waals surface area contributed by atoms with Crippen LogP contribution in [0.2, 0.25) is 0 Å². The smallest absolute Gasteiger partial charge is 0.134 e. The molecule has 2 N–H and O–H groups in total. The average molecular weight is 219 g/mol. The minimum Gasteiger partial charge on any atom is -0.384 e. The molecular weight excluding hydrogens is 202 g/mol. The lowest BCUT2D eigenvalue weighted by Crippen LogP contribution is -2.47. The van der Waals surface area contributed by atoms with Crippen molar-refractivity contribution in [1.82, 2.24) is 14.9 Å². The van der Waals surface area contributed by atoms with Crippen molar-refractivity contribution < 1.29 is 0 Å². The first-order valence-corrected chi connectivity index (χ1v) is 5.89. The molecule has 1 saturated carbocycles. The molecule has 0 amide bonds. The molecule has 2 fully saturated rings. The van der Waals surface area contributed by atoms with E-state index in [0.717, 1.165) is 38.0 Å². The summed E-state index contributed by atoms with van der Waals surface area (Å²) in [6.45, 7) is 4.39. The predicted octanol–water partition coefficient (Wildman–Crippen LogP) is 0.343. The Kier molecular flexibility index (Phi) is 2.40. The van der Waals surface area contributed by atoms with Crippen LogP contribution in [0, 0.1) is 0 Å². The highest BCUT2D eigenvalue weighted by molar-refractivity contribution is 5.46. The zero-order valence-corrected chi connectivity index (χ0v) is 9.34. The summed E-state index contributed by atoms with van der Waals surface area (Å²) in [6, 6.07) is 2.73. The second-order valence-corrected chi connectivity index (χ2v) is 4.56. The van der Waals surface area contributed by atoms with E-state index in [1.165, 1.54) is 19.2 Å². The molecule has 1 aliphatic carbocycles. The molecule has 1 aromatic heterocycles. The van der Waals surface area contributed by atoms with Crippen molar-refractivity contribution >= 4 is 11.6 Å². The van der Waals surface area contributed by atoms with Gasteiger partial charge in [-0.1, -0.05) is 0 Å². The highest BCUT2D eigenvalue weighted by Gasteiger charge is 2.31. The van der Waals surface area contributed by atoms with Crippen molar-refractivity contribution in [3.63, 3.8) is 0 Å². The fraction of sp³-hybridized carbons (Fsp3) is 0.636. The lowest BCUT2D eigenvalue weighted by Gasteiger charge is -2.35. The van der Waals surface area contributed by atoms with Gasteiger partial charge in [0.1, 0.15) is 18.0 Å². The van der Waals surface area contributed by atoms with Gasteiger partial charge in [0.25, 0.3) is 0 Å². The molecule has 16 heavy (non-hydrogen) atoms. The molecule has 0 unspecified atom stereocenters. The van der Waals surface area contributed by atoms with E-state index in [1.807, 2.05) is 6.07 Å². The van der Waals surface area contributed by atoms with Crippen LogP contribution in [-0.4, -0.2) is 47.1 Å². The molecule has 2 heterocycles. The maximum Gasteiger partial charge on any atom is 0.134 e. The van der Waals surface area contributed by atoms with Crippen LogP contribution in [0.4, 0.5) is 11.6 Å². The summed E-state index contributed by atoms with van der Waals surface area (Å²) >= 11 is 0. The molecule has 3 rings (SSSR count). The van der Waals surface area contributed by atoms with Crippen LogP contribution in [0.5, 0.6) is 0 Å². The van der Waals surface area contributed by atoms with Crippen molar-refractivity contribution in [2.45, 2.75) is 18.9 Å². The number of nitrogen functional groups attached to an aromatic ring is 1. The summed E-state index contributed by atoms with van der Waals surface area (Å²) in [5.41, 5.74) is 5.66. The van der Waals surface area contributed by atoms with Crippen LogP contribution in [0.3, 0.4) is 0 Å². The van der Waals surface area contributed by atoms with E-state index in [0.29, 0.717) is 5.82 Å². The molecular formula is C11H17N5. The maximum absolute atomic E-state index is 5.66. The number of nitrogens with two attached hydrogens (primary N) is 1. The Labute approximate surface area is 95.3 Å². The minimum atomic E-state index is 0.551. The van der Waals surface area contributed by atoms with Gasteiger partial charge in [-0.3, -0.25) is 4.90 Å². The Bertz CT molecular complexity index is 368. The normalized spacial score (nSPS) is 22.4. The van der Waals surface area contributed by atoms with Crippen LogP contribution < -0.4 is 10.6 Å². The highest BCUT2D eigenvalue weighted by atomic mass is 15.3. The minimum absolute atomic E-state index is 0.551. The van der Waals surface area contributed by atoms with E-state index in [4.69, 9.17) is 5.73 Å². The Morgan fingerprint density at radius 3 is 2.50 bits per heavy atom. The predicted molar refractivity (Wildman–Crippen MR) is 63.3 cm³/mol. The van der Waals surface area contributed by atoms with Crippen LogP contribution in [0.1, 0.15) is 12.8 Å². The molecule has 0 atom stereocenters. The van der Waals surface area contributed by atoms with Crippen LogP contribution in [0.15, 0.2) is 12.4 Å². The summed E-state index contributed by atoms with van der Waals surface area (Å²) < 4.78 is 0. The SMILES string of the molecule is Nc1cc(N2CCN(C3CC3)CC2)ncn1. The molecule has 0 aromatic carbocycles. The summed E-state index contributed by atoms with van der Waals surface area (Å²) in [5.74, 6) is 1.51. The summed E-state index contributed by atoms with van der Waals surface area (Å²) in [5, 5.41) is 0. The van der Waals surface area contributed by atoms with E-state index in [-0.39, 0.29) is 0 Å². The Morgan fingerprint density at radius 2 is 1.88 bits per heavy atom. The van der Waals surface area contributed by atoms with Crippen LogP contribution >= 0.6 is 0 Å². The molecule has 86 valence electrons. The first-order valence-electron chi connectivity index (χ1n) is 5.89. The van der Waals surface area contributed by atoms with Crippen molar-refractivity contribution in [3.8, 4) is 0 Å². The van der Waals surface area contributed by atoms with E-state index in [2.05, 4.69) is 19.8 Å². The van der Waals surface area contributed by atoms with Crippen molar-refractivity contribution in [3.05, 3.63) is 12.4 Å². The second kappa shape index (κ2) is 3.90. The van der Waals surface area contributed by atoms with Gasteiger partial charge in [-0.25, -0.2) is 9.97 Å². The largest absolute Gasteiger partial charge is 0.384 e. The molecule has 0 bridgehead atoms. The maximum atomic E-state index is 5.66. The topological polar surface area (TPSA) is 58.3 Å². The van der Waals surface area contributed by atoms with Gasteiger partial charge in [-0.15, -0.1) is 0 Å². The Morgan fingerprint density at radius 1 is 1.12 bits per heavy atom. The van der Waals surface area contributed by atoms with Gasteiger partial charge >= 0.3 is 0 Å². The number of nitrogens with zero attached hydrogens (tertiary/aromatic N) is 4. The Balaban J connectivity index is 1.64. The third-order valence-electron chi connectivity index (χ3n) is 3.38. The standard InChI is InChI=1S/C11H17N5/c12-10-7-11(14-8-13-10)16-5-3-15(4-6-16)9-1-2-9/h7-9H,1-6H2,(H2,12,13,14). The Hall–Kier alpha value is -1.36. The van der Waals surface area contributed by atoms with Crippen LogP contribution in [0.25, 0.3) is 0 Å². The second-order valence-electron chi connectivity index (χ2n) is 4.56. The van der Waals surface area contributed by atoms with E-state index >= 15 is 0 Å². The average Bonchev–Trinajstić information content (AvgIpc) is 3.13. The monoisotopic (exact) mass is 219 g/mol. The van der Waals surface area contributed by atoms with Gasteiger partial charge in [0, 0.05) is 38.3 Å². The lowest BCUT2D eigenvalue weighted by atomic mass is 10.3. The molecule has 1 saturated heterocycles. The molecule has 1 aromatic rings. The number of rotatable bonds is 2. The molecule has 1 aliphatic heterocycles. The van der Waals surface area contributed by atoms with Crippen molar-refractivity contribution in [1.29, 1.82) is 0 Å². The van der Waals surface area contributed by atoms with Gasteiger partial charge < -0.3 is 10.6 Å². The molecule has 0 spiro atoms. The first-order chi connectivity index (χ1) is 7.83. The fourth-order valence-corrected chi connectivity index (χ4v) is 2.29. The van der Waals surface area contributed by atoms with E-state index in [1.54, 1.807) is 0 Å². The van der Waals surface area contributed by atoms with Gasteiger partial charge in [-0.2, -0.15) is 0 Å². The number of hydrogen-bond donors (Lipinski definition) is 1. The molecule has 0 radical (unpaired) electrons. The third-order valence-corrected chi connectivity index (χ3v) is 3.38. The number of piperazine rings is 1. The zero-order chi connectivity index (χ0) is 11.0. The summed E-state index contributed by atoms with van der Waals surface area (Å²) in [6.07, 6.45) is 4.32. The quantitative estimate of drug-likeness (QED) is 0.777. The fourth-order valence-electron chi connectivity index (χ4n) is 2.29. The number of anilines is 2. The zero-order valence-electron chi connectivity index (χ0n) is 9.34. The third kappa shape index (κ3) is 1.95. The van der Waals surface area contributed by atoms with E-state index in [9.17, 15) is 0 Å². The lowest BCUT2D eigenvalue weighted by molar-refractivity contribution is 0.247. The summed E-state index contributed by atoms with van der Waals surface area (Å²) in [4.78, 5) is 13.1. The van der Waals surface area contributed by atoms with Gasteiger partial charge in [0.05, 0.1) is 0 Å².